The molecule has 7 heteroatoms. The summed E-state index contributed by atoms with van der Waals surface area (Å²) in [6, 6.07) is 16.3. The number of hydrogen-bond acceptors (Lipinski definition) is 2. The van der Waals surface area contributed by atoms with Crippen molar-refractivity contribution in [3.63, 3.8) is 0 Å². The molecule has 2 rings (SSSR count). The molecule has 0 radical (unpaired) electrons. The van der Waals surface area contributed by atoms with Gasteiger partial charge in [-0.25, -0.2) is 0 Å². The molecule has 3 N–H and O–H groups in total. The first kappa shape index (κ1) is 15.8. The lowest BCUT2D eigenvalue weighted by atomic mass is 10.4. The van der Waals surface area contributed by atoms with Crippen molar-refractivity contribution >= 4 is 26.2 Å². The van der Waals surface area contributed by atoms with Crippen LogP contribution in [0.1, 0.15) is 0 Å². The van der Waals surface area contributed by atoms with E-state index in [1.165, 1.54) is 12.1 Å². The summed E-state index contributed by atoms with van der Waals surface area (Å²) >= 11 is 0. The molecule has 0 fully saturated rings. The summed E-state index contributed by atoms with van der Waals surface area (Å²) in [4.78, 5) is 25.8. The maximum atomic E-state index is 10.5. The Morgan fingerprint density at radius 3 is 1.53 bits per heavy atom. The quantitative estimate of drug-likeness (QED) is 0.726. The van der Waals surface area contributed by atoms with Gasteiger partial charge in [0.25, 0.3) is 0 Å². The van der Waals surface area contributed by atoms with Crippen LogP contribution in [0.5, 0.6) is 0 Å². The molecule has 2 aromatic rings. The standard InChI is InChI=1S/C6H7O3P.C6H7O2P/c7-10(8,9)6-4-2-1-3-5-6;7-9(8)6-4-2-1-3-5-6/h1-5H,(H2,7,8,9);1-5,9H,(H,7,8). The third-order valence-corrected chi connectivity index (χ3v) is 3.91. The Hall–Kier alpha value is -1.22. The molecule has 102 valence electrons. The molecule has 0 aromatic heterocycles. The first-order valence-corrected chi connectivity index (χ1v) is 8.27. The maximum Gasteiger partial charge on any atom is 0.356 e. The minimum atomic E-state index is -4.02. The summed E-state index contributed by atoms with van der Waals surface area (Å²) < 4.78 is 20.9. The predicted octanol–water partition coefficient (Wildman–Crippen LogP) is 1.27. The molecule has 0 saturated heterocycles. The fourth-order valence-electron chi connectivity index (χ4n) is 1.20. The van der Waals surface area contributed by atoms with Crippen molar-refractivity contribution in [2.24, 2.45) is 0 Å². The van der Waals surface area contributed by atoms with Crippen LogP contribution in [0.25, 0.3) is 0 Å². The van der Waals surface area contributed by atoms with Crippen molar-refractivity contribution in [3.8, 4) is 0 Å². The number of hydrogen-bond donors (Lipinski definition) is 3. The normalized spacial score (nSPS) is 12.2. The monoisotopic (exact) mass is 300 g/mol. The highest BCUT2D eigenvalue weighted by atomic mass is 31.2. The largest absolute Gasteiger partial charge is 0.356 e. The van der Waals surface area contributed by atoms with Gasteiger partial charge in [-0.1, -0.05) is 36.4 Å². The van der Waals surface area contributed by atoms with E-state index in [-0.39, 0.29) is 5.30 Å². The molecule has 1 unspecified atom stereocenters. The molecule has 0 amide bonds. The van der Waals surface area contributed by atoms with Crippen LogP contribution in [0.4, 0.5) is 0 Å². The fourth-order valence-corrected chi connectivity index (χ4v) is 2.24. The topological polar surface area (TPSA) is 94.8 Å². The first-order valence-electron chi connectivity index (χ1n) is 5.31. The van der Waals surface area contributed by atoms with E-state index in [1.807, 2.05) is 6.07 Å². The first-order chi connectivity index (χ1) is 8.91. The van der Waals surface area contributed by atoms with Gasteiger partial charge in [0.1, 0.15) is 0 Å². The van der Waals surface area contributed by atoms with E-state index in [2.05, 4.69) is 0 Å². The summed E-state index contributed by atoms with van der Waals surface area (Å²) in [6.45, 7) is 0. The van der Waals surface area contributed by atoms with Gasteiger partial charge in [-0.05, 0) is 24.3 Å². The second kappa shape index (κ2) is 7.39. The SMILES string of the molecule is O=P(O)(O)c1ccccc1.O=[PH](O)c1ccccc1. The Kier molecular flexibility index (Phi) is 6.16. The van der Waals surface area contributed by atoms with Crippen LogP contribution < -0.4 is 10.6 Å². The zero-order valence-electron chi connectivity index (χ0n) is 9.88. The van der Waals surface area contributed by atoms with Gasteiger partial charge in [0.2, 0.25) is 8.03 Å². The zero-order valence-corrected chi connectivity index (χ0v) is 11.8. The minimum absolute atomic E-state index is 0.0648. The number of benzene rings is 2. The number of rotatable bonds is 2. The van der Waals surface area contributed by atoms with Crippen molar-refractivity contribution in [2.75, 3.05) is 0 Å². The molecule has 2 aromatic carbocycles. The molecule has 0 aliphatic heterocycles. The highest BCUT2D eigenvalue weighted by molar-refractivity contribution is 7.60. The van der Waals surface area contributed by atoms with Crippen LogP contribution in [-0.4, -0.2) is 14.7 Å². The molecule has 0 spiro atoms. The average Bonchev–Trinajstić information content (AvgIpc) is 2.40. The molecule has 19 heavy (non-hydrogen) atoms. The Morgan fingerprint density at radius 2 is 1.26 bits per heavy atom. The third-order valence-electron chi connectivity index (χ3n) is 2.11. The molecule has 5 nitrogen and oxygen atoms in total. The van der Waals surface area contributed by atoms with Crippen LogP contribution >= 0.6 is 15.6 Å². The smallest absolute Gasteiger partial charge is 0.343 e. The van der Waals surface area contributed by atoms with Gasteiger partial charge < -0.3 is 14.7 Å². The van der Waals surface area contributed by atoms with E-state index < -0.39 is 15.6 Å². The Labute approximate surface area is 111 Å². The van der Waals surface area contributed by atoms with Crippen LogP contribution in [0, 0.1) is 0 Å². The highest BCUT2D eigenvalue weighted by Gasteiger charge is 2.14. The molecular weight excluding hydrogens is 286 g/mol. The van der Waals surface area contributed by atoms with Gasteiger partial charge in [0.15, 0.2) is 0 Å². The van der Waals surface area contributed by atoms with Crippen molar-refractivity contribution in [2.45, 2.75) is 0 Å². The van der Waals surface area contributed by atoms with Crippen molar-refractivity contribution < 1.29 is 23.8 Å². The molecule has 0 aliphatic carbocycles. The maximum absolute atomic E-state index is 10.5. The molecule has 1 atom stereocenters. The van der Waals surface area contributed by atoms with E-state index in [1.54, 1.807) is 42.5 Å². The summed E-state index contributed by atoms with van der Waals surface area (Å²) in [7, 11) is -6.48. The van der Waals surface area contributed by atoms with E-state index in [4.69, 9.17) is 14.7 Å². The van der Waals surface area contributed by atoms with Gasteiger partial charge in [-0.15, -0.1) is 0 Å². The zero-order chi connectivity index (χ0) is 14.3. The average molecular weight is 300 g/mol. The van der Waals surface area contributed by atoms with E-state index in [0.717, 1.165) is 0 Å². The van der Waals surface area contributed by atoms with Crippen molar-refractivity contribution in [1.82, 2.24) is 0 Å². The Bertz CT molecular complexity index is 565. The molecule has 0 bridgehead atoms. The molecule has 0 aliphatic rings. The van der Waals surface area contributed by atoms with Gasteiger partial charge >= 0.3 is 7.60 Å². The Balaban J connectivity index is 0.000000191. The molecular formula is C12H14O5P2. The minimum Gasteiger partial charge on any atom is -0.343 e. The fraction of sp³-hybridized carbons (Fsp3) is 0. The lowest BCUT2D eigenvalue weighted by molar-refractivity contribution is 0.387. The van der Waals surface area contributed by atoms with Gasteiger partial charge in [0.05, 0.1) is 5.30 Å². The second-order valence-electron chi connectivity index (χ2n) is 3.55. The van der Waals surface area contributed by atoms with Gasteiger partial charge in [-0.3, -0.25) is 9.13 Å². The summed E-state index contributed by atoms with van der Waals surface area (Å²) in [5.74, 6) is 0. The highest BCUT2D eigenvalue weighted by Crippen LogP contribution is 2.32. The molecule has 0 heterocycles. The summed E-state index contributed by atoms with van der Waals surface area (Å²) in [6.07, 6.45) is 0. The van der Waals surface area contributed by atoms with E-state index >= 15 is 0 Å². The lowest BCUT2D eigenvalue weighted by Crippen LogP contribution is -2.01. The predicted molar refractivity (Wildman–Crippen MR) is 75.4 cm³/mol. The van der Waals surface area contributed by atoms with Crippen LogP contribution in [0.3, 0.4) is 0 Å². The van der Waals surface area contributed by atoms with Crippen LogP contribution in [-0.2, 0) is 9.13 Å². The van der Waals surface area contributed by atoms with Gasteiger partial charge in [-0.2, -0.15) is 0 Å². The second-order valence-corrected chi connectivity index (χ2v) is 6.34. The van der Waals surface area contributed by atoms with Gasteiger partial charge in [0, 0.05) is 5.30 Å². The summed E-state index contributed by atoms with van der Waals surface area (Å²) in [5, 5.41) is 0.581. The van der Waals surface area contributed by atoms with Crippen LogP contribution in [0.2, 0.25) is 0 Å². The van der Waals surface area contributed by atoms with Crippen molar-refractivity contribution in [3.05, 3.63) is 60.7 Å². The lowest BCUT2D eigenvalue weighted by Gasteiger charge is -2.00. The summed E-state index contributed by atoms with van der Waals surface area (Å²) in [5.41, 5.74) is 0. The van der Waals surface area contributed by atoms with E-state index in [9.17, 15) is 9.13 Å². The van der Waals surface area contributed by atoms with E-state index in [0.29, 0.717) is 5.30 Å². The van der Waals surface area contributed by atoms with Crippen LogP contribution in [0.15, 0.2) is 60.7 Å². The Morgan fingerprint density at radius 1 is 0.842 bits per heavy atom. The molecule has 0 saturated carbocycles. The van der Waals surface area contributed by atoms with Crippen molar-refractivity contribution in [1.29, 1.82) is 0 Å². The third kappa shape index (κ3) is 5.97.